The van der Waals surface area contributed by atoms with Crippen molar-refractivity contribution >= 4 is 88.9 Å². The fourth-order valence-corrected chi connectivity index (χ4v) is 6.65. The van der Waals surface area contributed by atoms with Crippen LogP contribution in [0.1, 0.15) is 47.9 Å². The maximum atomic E-state index is 11.5. The fraction of sp³-hybridized carbons (Fsp3) is 0.417. The third-order valence-electron chi connectivity index (χ3n) is 5.61. The van der Waals surface area contributed by atoms with E-state index in [1.165, 1.54) is 29.4 Å². The molecule has 2 saturated heterocycles. The third-order valence-corrected chi connectivity index (χ3v) is 8.87. The molecule has 2 fully saturated rings. The summed E-state index contributed by atoms with van der Waals surface area (Å²) in [7, 11) is 0. The summed E-state index contributed by atoms with van der Waals surface area (Å²) in [6.45, 7) is 3.35. The summed E-state index contributed by atoms with van der Waals surface area (Å²) in [6, 6.07) is 12.8. The number of carbonyl (C=O) groups excluding carboxylic acids is 2. The number of hydrogen-bond acceptors (Lipinski definition) is 2. The molecule has 0 atom stereocenters. The van der Waals surface area contributed by atoms with Gasteiger partial charge in [-0.2, -0.15) is 0 Å². The highest BCUT2D eigenvalue weighted by molar-refractivity contribution is 14.1. The van der Waals surface area contributed by atoms with Crippen LogP contribution < -0.4 is 0 Å². The molecule has 2 aliphatic rings. The van der Waals surface area contributed by atoms with Crippen LogP contribution >= 0.6 is 77.0 Å². The van der Waals surface area contributed by atoms with E-state index >= 15 is 0 Å². The van der Waals surface area contributed by atoms with Crippen LogP contribution in [0, 0.1) is 7.14 Å². The van der Waals surface area contributed by atoms with E-state index in [1.807, 2.05) is 9.80 Å². The first kappa shape index (κ1) is 26.4. The topological polar surface area (TPSA) is 40.6 Å². The normalized spacial score (nSPS) is 15.9. The second kappa shape index (κ2) is 13.0. The van der Waals surface area contributed by atoms with Crippen LogP contribution in [0.2, 0.25) is 0 Å². The van der Waals surface area contributed by atoms with Crippen molar-refractivity contribution in [1.82, 2.24) is 9.80 Å². The Labute approximate surface area is 234 Å². The molecule has 0 aromatic heterocycles. The SMILES string of the molecule is O=C1CCCN1Cc1ccc(CBr)c(I)c1.O=C1CCCN1Cc1ccc(CBr)cc1I. The van der Waals surface area contributed by atoms with Gasteiger partial charge in [-0.15, -0.1) is 0 Å². The number of likely N-dealkylation sites (tertiary alicyclic amines) is 2. The number of hydrogen-bond donors (Lipinski definition) is 0. The first-order chi connectivity index (χ1) is 15.4. The Bertz CT molecular complexity index is 971. The van der Waals surface area contributed by atoms with Crippen LogP contribution in [0.15, 0.2) is 36.4 Å². The molecule has 2 aromatic rings. The van der Waals surface area contributed by atoms with Gasteiger partial charge in [-0.3, -0.25) is 9.59 Å². The van der Waals surface area contributed by atoms with Gasteiger partial charge in [0.1, 0.15) is 0 Å². The molecule has 0 spiro atoms. The van der Waals surface area contributed by atoms with Crippen molar-refractivity contribution in [3.63, 3.8) is 0 Å². The van der Waals surface area contributed by atoms with Gasteiger partial charge in [-0.05, 0) is 92.4 Å². The van der Waals surface area contributed by atoms with Crippen molar-refractivity contribution in [2.45, 2.75) is 49.4 Å². The second-order valence-corrected chi connectivity index (χ2v) is 11.4. The maximum Gasteiger partial charge on any atom is 0.222 e. The zero-order valence-electron chi connectivity index (χ0n) is 17.8. The minimum Gasteiger partial charge on any atom is -0.338 e. The second-order valence-electron chi connectivity index (χ2n) is 7.96. The molecule has 0 radical (unpaired) electrons. The molecule has 32 heavy (non-hydrogen) atoms. The van der Waals surface area contributed by atoms with E-state index in [9.17, 15) is 9.59 Å². The number of carbonyl (C=O) groups is 2. The van der Waals surface area contributed by atoms with Crippen molar-refractivity contribution in [1.29, 1.82) is 0 Å². The van der Waals surface area contributed by atoms with Crippen LogP contribution in [-0.4, -0.2) is 34.7 Å². The zero-order chi connectivity index (χ0) is 23.1. The van der Waals surface area contributed by atoms with E-state index in [2.05, 4.69) is 113 Å². The van der Waals surface area contributed by atoms with Gasteiger partial charge in [0.05, 0.1) is 0 Å². The van der Waals surface area contributed by atoms with E-state index in [-0.39, 0.29) is 0 Å². The Morgan fingerprint density at radius 2 is 1.25 bits per heavy atom. The average Bonchev–Trinajstić information content (AvgIpc) is 3.38. The molecule has 172 valence electrons. The van der Waals surface area contributed by atoms with Crippen LogP contribution in [0.4, 0.5) is 0 Å². The van der Waals surface area contributed by atoms with Crippen LogP contribution in [0.5, 0.6) is 0 Å². The lowest BCUT2D eigenvalue weighted by molar-refractivity contribution is -0.129. The molecule has 0 bridgehead atoms. The van der Waals surface area contributed by atoms with Gasteiger partial charge >= 0.3 is 0 Å². The van der Waals surface area contributed by atoms with E-state index in [0.29, 0.717) is 11.8 Å². The molecule has 0 aliphatic carbocycles. The van der Waals surface area contributed by atoms with Gasteiger partial charge in [0.25, 0.3) is 0 Å². The molecule has 2 aliphatic heterocycles. The number of rotatable bonds is 6. The van der Waals surface area contributed by atoms with Crippen LogP contribution in [0.3, 0.4) is 0 Å². The van der Waals surface area contributed by atoms with Crippen molar-refractivity contribution in [2.75, 3.05) is 13.1 Å². The minimum absolute atomic E-state index is 0.291. The highest BCUT2D eigenvalue weighted by Gasteiger charge is 2.21. The van der Waals surface area contributed by atoms with Gasteiger partial charge < -0.3 is 9.80 Å². The largest absolute Gasteiger partial charge is 0.338 e. The first-order valence-electron chi connectivity index (χ1n) is 10.6. The van der Waals surface area contributed by atoms with Crippen molar-refractivity contribution in [3.8, 4) is 0 Å². The monoisotopic (exact) mass is 786 g/mol. The Hall–Kier alpha value is -0.200. The highest BCUT2D eigenvalue weighted by Crippen LogP contribution is 2.21. The summed E-state index contributed by atoms with van der Waals surface area (Å²) in [5.74, 6) is 0.583. The quantitative estimate of drug-likeness (QED) is 0.244. The molecular weight excluding hydrogens is 762 g/mol. The standard InChI is InChI=1S/2C12H13BrINO/c13-7-10-4-3-9(6-11(10)14)8-15-5-1-2-12(15)16;13-7-9-3-4-10(11(14)6-9)8-15-5-1-2-12(15)16/h2*3-4,6H,1-2,5,7-8H2. The lowest BCUT2D eigenvalue weighted by Gasteiger charge is -2.16. The number of benzene rings is 2. The van der Waals surface area contributed by atoms with Crippen LogP contribution in [0.25, 0.3) is 0 Å². The Morgan fingerprint density at radius 1 is 0.719 bits per heavy atom. The molecule has 0 N–H and O–H groups in total. The summed E-state index contributed by atoms with van der Waals surface area (Å²) in [6.07, 6.45) is 3.46. The van der Waals surface area contributed by atoms with Gasteiger partial charge in [-0.1, -0.05) is 56.1 Å². The summed E-state index contributed by atoms with van der Waals surface area (Å²) in [5.41, 5.74) is 5.06. The highest BCUT2D eigenvalue weighted by atomic mass is 127. The van der Waals surface area contributed by atoms with Crippen LogP contribution in [-0.2, 0) is 33.3 Å². The van der Waals surface area contributed by atoms with Crippen molar-refractivity contribution in [3.05, 3.63) is 65.8 Å². The first-order valence-corrected chi connectivity index (χ1v) is 15.0. The fourth-order valence-electron chi connectivity index (χ4n) is 3.77. The van der Waals surface area contributed by atoms with E-state index in [0.717, 1.165) is 62.5 Å². The number of amides is 2. The number of alkyl halides is 2. The Kier molecular flexibility index (Phi) is 10.8. The summed E-state index contributed by atoms with van der Waals surface area (Å²) in [4.78, 5) is 26.9. The summed E-state index contributed by atoms with van der Waals surface area (Å²) < 4.78 is 2.51. The lowest BCUT2D eigenvalue weighted by Crippen LogP contribution is -2.24. The average molecular weight is 788 g/mol. The smallest absolute Gasteiger partial charge is 0.222 e. The van der Waals surface area contributed by atoms with E-state index < -0.39 is 0 Å². The molecule has 0 saturated carbocycles. The molecule has 2 heterocycles. The summed E-state index contributed by atoms with van der Waals surface area (Å²) >= 11 is 11.6. The number of halogens is 4. The van der Waals surface area contributed by atoms with E-state index in [1.54, 1.807) is 0 Å². The molecule has 4 nitrogen and oxygen atoms in total. The van der Waals surface area contributed by atoms with Gasteiger partial charge in [0, 0.05) is 56.8 Å². The van der Waals surface area contributed by atoms with Crippen molar-refractivity contribution in [2.24, 2.45) is 0 Å². The molecule has 8 heteroatoms. The lowest BCUT2D eigenvalue weighted by atomic mass is 10.1. The Balaban J connectivity index is 0.000000181. The maximum absolute atomic E-state index is 11.5. The molecule has 2 amide bonds. The molecule has 0 unspecified atom stereocenters. The predicted octanol–water partition coefficient (Wildman–Crippen LogP) is 6.62. The van der Waals surface area contributed by atoms with Gasteiger partial charge in [-0.25, -0.2) is 0 Å². The van der Waals surface area contributed by atoms with Crippen molar-refractivity contribution < 1.29 is 9.59 Å². The Morgan fingerprint density at radius 3 is 1.75 bits per heavy atom. The van der Waals surface area contributed by atoms with E-state index in [4.69, 9.17) is 0 Å². The zero-order valence-corrected chi connectivity index (χ0v) is 25.2. The molecule has 2 aromatic carbocycles. The molecule has 4 rings (SSSR count). The molecular formula is C24H26Br2I2N2O2. The predicted molar refractivity (Wildman–Crippen MR) is 153 cm³/mol. The number of nitrogens with zero attached hydrogens (tertiary/aromatic N) is 2. The third kappa shape index (κ3) is 7.40. The summed E-state index contributed by atoms with van der Waals surface area (Å²) in [5, 5.41) is 1.76. The van der Waals surface area contributed by atoms with Gasteiger partial charge in [0.15, 0.2) is 0 Å². The minimum atomic E-state index is 0.291. The van der Waals surface area contributed by atoms with Gasteiger partial charge in [0.2, 0.25) is 11.8 Å².